The Kier molecular flexibility index (Phi) is 7.28. The minimum atomic E-state index is 0.00161. The van der Waals surface area contributed by atoms with Crippen molar-refractivity contribution in [2.24, 2.45) is 0 Å². The second-order valence-electron chi connectivity index (χ2n) is 9.68. The van der Waals surface area contributed by atoms with Gasteiger partial charge in [-0.25, -0.2) is 0 Å². The van der Waals surface area contributed by atoms with Crippen molar-refractivity contribution >= 4 is 29.3 Å². The van der Waals surface area contributed by atoms with Gasteiger partial charge in [0.25, 0.3) is 5.91 Å². The van der Waals surface area contributed by atoms with E-state index in [1.54, 1.807) is 13.0 Å². The van der Waals surface area contributed by atoms with Crippen LogP contribution in [0.25, 0.3) is 6.08 Å². The minimum absolute atomic E-state index is 0.00161. The van der Waals surface area contributed by atoms with Crippen LogP contribution in [0.2, 0.25) is 0 Å². The number of nitrogens with zero attached hydrogens (tertiary/aromatic N) is 3. The third-order valence-electron chi connectivity index (χ3n) is 7.24. The lowest BCUT2D eigenvalue weighted by Crippen LogP contribution is -2.47. The van der Waals surface area contributed by atoms with Gasteiger partial charge in [0.1, 0.15) is 0 Å². The van der Waals surface area contributed by atoms with Gasteiger partial charge in [-0.05, 0) is 60.2 Å². The van der Waals surface area contributed by atoms with E-state index in [1.165, 1.54) is 5.56 Å². The van der Waals surface area contributed by atoms with E-state index < -0.39 is 0 Å². The summed E-state index contributed by atoms with van der Waals surface area (Å²) in [5.41, 5.74) is 5.35. The molecule has 0 saturated carbocycles. The molecule has 0 spiro atoms. The van der Waals surface area contributed by atoms with Gasteiger partial charge in [-0.3, -0.25) is 14.5 Å². The van der Waals surface area contributed by atoms with Gasteiger partial charge < -0.3 is 9.80 Å². The Morgan fingerprint density at radius 1 is 0.917 bits per heavy atom. The van der Waals surface area contributed by atoms with E-state index in [9.17, 15) is 9.59 Å². The molecule has 0 aliphatic carbocycles. The predicted octanol–water partition coefficient (Wildman–Crippen LogP) is 5.31. The molecular weight excluding hydrogens is 446 g/mol. The zero-order valence-corrected chi connectivity index (χ0v) is 20.8. The molecule has 3 aromatic carbocycles. The Labute approximate surface area is 213 Å². The number of likely N-dealkylation sites (tertiary alicyclic amines) is 1. The lowest BCUT2D eigenvalue weighted by atomic mass is 10.00. The zero-order chi connectivity index (χ0) is 24.9. The maximum atomic E-state index is 13.6. The molecule has 36 heavy (non-hydrogen) atoms. The summed E-state index contributed by atoms with van der Waals surface area (Å²) >= 11 is 0. The molecule has 184 valence electrons. The first kappa shape index (κ1) is 24.0. The Hall–Kier alpha value is -3.70. The van der Waals surface area contributed by atoms with Crippen LogP contribution in [-0.4, -0.2) is 42.4 Å². The van der Waals surface area contributed by atoms with Crippen LogP contribution in [0.3, 0.4) is 0 Å². The molecule has 0 aromatic heterocycles. The van der Waals surface area contributed by atoms with E-state index >= 15 is 0 Å². The molecule has 0 bridgehead atoms. The number of carbonyl (C=O) groups excluding carboxylic acids is 2. The molecule has 1 saturated heterocycles. The van der Waals surface area contributed by atoms with Gasteiger partial charge in [0.05, 0.1) is 0 Å². The number of piperidine rings is 1. The van der Waals surface area contributed by atoms with E-state index in [-0.39, 0.29) is 17.9 Å². The third kappa shape index (κ3) is 5.42. The summed E-state index contributed by atoms with van der Waals surface area (Å²) in [6, 6.07) is 26.8. The fraction of sp³-hybridized carbons (Fsp3) is 0.290. The Morgan fingerprint density at radius 2 is 1.61 bits per heavy atom. The first-order chi connectivity index (χ1) is 17.6. The third-order valence-corrected chi connectivity index (χ3v) is 7.24. The van der Waals surface area contributed by atoms with Crippen LogP contribution >= 0.6 is 0 Å². The molecule has 1 fully saturated rings. The number of anilines is 2. The smallest absolute Gasteiger partial charge is 0.251 e. The number of carbonyl (C=O) groups is 2. The molecule has 3 aromatic rings. The van der Waals surface area contributed by atoms with Crippen LogP contribution < -0.4 is 9.80 Å². The second-order valence-corrected chi connectivity index (χ2v) is 9.68. The topological polar surface area (TPSA) is 43.9 Å². The molecule has 0 atom stereocenters. The lowest BCUT2D eigenvalue weighted by Gasteiger charge is -2.38. The molecule has 5 nitrogen and oxygen atoms in total. The van der Waals surface area contributed by atoms with Crippen LogP contribution in [0.15, 0.2) is 84.9 Å². The van der Waals surface area contributed by atoms with Gasteiger partial charge in [-0.1, -0.05) is 60.7 Å². The summed E-state index contributed by atoms with van der Waals surface area (Å²) in [5, 5.41) is 0. The van der Waals surface area contributed by atoms with Crippen molar-refractivity contribution in [2.45, 2.75) is 38.8 Å². The summed E-state index contributed by atoms with van der Waals surface area (Å²) < 4.78 is 0. The van der Waals surface area contributed by atoms with Gasteiger partial charge in [0.2, 0.25) is 5.91 Å². The van der Waals surface area contributed by atoms with Crippen LogP contribution in [0, 0.1) is 0 Å². The van der Waals surface area contributed by atoms with Crippen molar-refractivity contribution in [1.29, 1.82) is 0 Å². The maximum Gasteiger partial charge on any atom is 0.251 e. The quantitative estimate of drug-likeness (QED) is 0.450. The van der Waals surface area contributed by atoms with E-state index in [1.807, 2.05) is 58.3 Å². The molecule has 0 radical (unpaired) electrons. The molecule has 2 aliphatic rings. The first-order valence-electron chi connectivity index (χ1n) is 12.8. The maximum absolute atomic E-state index is 13.6. The largest absolute Gasteiger partial charge is 0.312 e. The summed E-state index contributed by atoms with van der Waals surface area (Å²) in [7, 11) is 0. The van der Waals surface area contributed by atoms with E-state index in [2.05, 4.69) is 41.3 Å². The van der Waals surface area contributed by atoms with Crippen LogP contribution in [-0.2, 0) is 22.6 Å². The molecule has 2 aliphatic heterocycles. The standard InChI is InChI=1S/C31H33N3O2/c1-24(35)33-21-16-27-22-29(13-14-30(27)33)34(31(36)15-12-25-8-4-2-5-9-25)28-17-19-32(20-18-28)23-26-10-6-3-7-11-26/h2-15,22,28H,16-21,23H2,1H3/b15-12+. The molecule has 5 heteroatoms. The number of hydrogen-bond donors (Lipinski definition) is 0. The fourth-order valence-corrected chi connectivity index (χ4v) is 5.37. The van der Waals surface area contributed by atoms with E-state index in [0.717, 1.165) is 61.4 Å². The number of fused-ring (bicyclic) bond motifs is 1. The summed E-state index contributed by atoms with van der Waals surface area (Å²) in [6.45, 7) is 5.16. The van der Waals surface area contributed by atoms with Crippen molar-refractivity contribution in [2.75, 3.05) is 29.4 Å². The Bertz CT molecular complexity index is 1230. The fourth-order valence-electron chi connectivity index (χ4n) is 5.37. The van der Waals surface area contributed by atoms with E-state index in [0.29, 0.717) is 6.54 Å². The van der Waals surface area contributed by atoms with Gasteiger partial charge in [0.15, 0.2) is 0 Å². The molecule has 5 rings (SSSR count). The van der Waals surface area contributed by atoms with Crippen molar-refractivity contribution in [3.8, 4) is 0 Å². The monoisotopic (exact) mass is 479 g/mol. The number of benzene rings is 3. The summed E-state index contributed by atoms with van der Waals surface area (Å²) in [5.74, 6) is 0.0627. The number of hydrogen-bond acceptors (Lipinski definition) is 3. The van der Waals surface area contributed by atoms with Gasteiger partial charge in [-0.15, -0.1) is 0 Å². The average molecular weight is 480 g/mol. The highest BCUT2D eigenvalue weighted by molar-refractivity contribution is 6.04. The highest BCUT2D eigenvalue weighted by atomic mass is 16.2. The molecular formula is C31H33N3O2. The highest BCUT2D eigenvalue weighted by Gasteiger charge is 2.30. The van der Waals surface area contributed by atoms with Crippen LogP contribution in [0.1, 0.15) is 36.5 Å². The SMILES string of the molecule is CC(=O)N1CCc2cc(N(C(=O)/C=C/c3ccccc3)C3CCN(Cc4ccccc4)CC3)ccc21. The summed E-state index contributed by atoms with van der Waals surface area (Å²) in [4.78, 5) is 31.9. The van der Waals surface area contributed by atoms with Crippen LogP contribution in [0.5, 0.6) is 0 Å². The van der Waals surface area contributed by atoms with Crippen LogP contribution in [0.4, 0.5) is 11.4 Å². The Morgan fingerprint density at radius 3 is 2.31 bits per heavy atom. The highest BCUT2D eigenvalue weighted by Crippen LogP contribution is 2.34. The van der Waals surface area contributed by atoms with Crippen molar-refractivity contribution < 1.29 is 9.59 Å². The number of rotatable bonds is 6. The van der Waals surface area contributed by atoms with Gasteiger partial charge in [0, 0.05) is 56.6 Å². The van der Waals surface area contributed by atoms with Crippen molar-refractivity contribution in [3.05, 3.63) is 102 Å². The number of amides is 2. The normalized spacial score (nSPS) is 16.3. The zero-order valence-electron chi connectivity index (χ0n) is 20.8. The molecule has 2 heterocycles. The molecule has 0 unspecified atom stereocenters. The van der Waals surface area contributed by atoms with Gasteiger partial charge >= 0.3 is 0 Å². The van der Waals surface area contributed by atoms with E-state index in [4.69, 9.17) is 0 Å². The van der Waals surface area contributed by atoms with Crippen molar-refractivity contribution in [1.82, 2.24) is 4.90 Å². The Balaban J connectivity index is 1.37. The molecule has 2 amide bonds. The first-order valence-corrected chi connectivity index (χ1v) is 12.8. The summed E-state index contributed by atoms with van der Waals surface area (Å²) in [6.07, 6.45) is 6.26. The van der Waals surface area contributed by atoms with Crippen molar-refractivity contribution in [3.63, 3.8) is 0 Å². The predicted molar refractivity (Wildman–Crippen MR) is 146 cm³/mol. The minimum Gasteiger partial charge on any atom is -0.312 e. The molecule has 0 N–H and O–H groups in total. The van der Waals surface area contributed by atoms with Gasteiger partial charge in [-0.2, -0.15) is 0 Å². The second kappa shape index (κ2) is 10.9. The average Bonchev–Trinajstić information content (AvgIpc) is 3.34. The lowest BCUT2D eigenvalue weighted by molar-refractivity contribution is -0.116.